The second-order valence-corrected chi connectivity index (χ2v) is 10.6. The molecule has 8 heteroatoms. The van der Waals surface area contributed by atoms with Gasteiger partial charge in [0.15, 0.2) is 0 Å². The maximum Gasteiger partial charge on any atom is 0.327 e. The second-order valence-electron chi connectivity index (χ2n) is 8.86. The van der Waals surface area contributed by atoms with Gasteiger partial charge >= 0.3 is 5.97 Å². The average Bonchev–Trinajstić information content (AvgIpc) is 2.92. The third-order valence-corrected chi connectivity index (χ3v) is 8.03. The minimum absolute atomic E-state index is 0.156. The zero-order valence-electron chi connectivity index (χ0n) is 17.5. The van der Waals surface area contributed by atoms with E-state index in [4.69, 9.17) is 4.74 Å². The molecule has 2 amide bonds. The number of carboxylic acid groups (broad SMARTS) is 1. The number of β-lactam (4-membered cyclic amide) rings is 1. The number of carbonyl (C=O) groups is 3. The highest BCUT2D eigenvalue weighted by Gasteiger charge is 2.64. The number of nitrogens with zero attached hydrogens (tertiary/aromatic N) is 1. The third-order valence-electron chi connectivity index (χ3n) is 6.46. The number of thioether (sulfide) groups is 1. The number of carboxylic acids is 1. The monoisotopic (exact) mass is 432 g/mol. The summed E-state index contributed by atoms with van der Waals surface area (Å²) in [5.74, 6) is -0.728. The average molecular weight is 433 g/mol. The summed E-state index contributed by atoms with van der Waals surface area (Å²) in [5.41, 5.74) is 0.253. The quantitative estimate of drug-likeness (QED) is 0.643. The third kappa shape index (κ3) is 3.16. The van der Waals surface area contributed by atoms with Gasteiger partial charge in [-0.05, 0) is 50.8 Å². The SMILES string of the molecule is CCCOc1cccc(C2(C(=O)NC3C(=O)N4C3SC(C)(C)C4C(=O)O)CCC2)c1. The van der Waals surface area contributed by atoms with Gasteiger partial charge in [0, 0.05) is 4.75 Å². The maximum atomic E-state index is 13.3. The predicted octanol–water partition coefficient (Wildman–Crippen LogP) is 2.53. The smallest absolute Gasteiger partial charge is 0.327 e. The molecule has 0 bridgehead atoms. The van der Waals surface area contributed by atoms with E-state index in [0.717, 1.165) is 37.0 Å². The molecule has 0 radical (unpaired) electrons. The lowest BCUT2D eigenvalue weighted by Crippen LogP contribution is -2.72. The molecule has 2 saturated heterocycles. The van der Waals surface area contributed by atoms with Gasteiger partial charge in [-0.1, -0.05) is 25.5 Å². The standard InChI is InChI=1S/C22H28N2O5S/c1-4-11-29-14-8-5-7-13(12-14)22(9-6-10-22)20(28)23-15-17(25)24-16(19(26)27)21(2,3)30-18(15)24/h5,7-8,12,15-16,18H,4,6,9-11H2,1-3H3,(H,23,28)(H,26,27). The zero-order valence-corrected chi connectivity index (χ0v) is 18.3. The number of amides is 2. The number of hydrogen-bond donors (Lipinski definition) is 2. The van der Waals surface area contributed by atoms with Crippen molar-refractivity contribution in [2.45, 2.75) is 74.1 Å². The van der Waals surface area contributed by atoms with E-state index in [1.165, 1.54) is 16.7 Å². The summed E-state index contributed by atoms with van der Waals surface area (Å²) in [6.07, 6.45) is 3.30. The van der Waals surface area contributed by atoms with Crippen LogP contribution in [0.25, 0.3) is 0 Å². The van der Waals surface area contributed by atoms with Gasteiger partial charge in [-0.15, -0.1) is 11.8 Å². The molecule has 1 aromatic rings. The molecule has 3 fully saturated rings. The first-order chi connectivity index (χ1) is 14.2. The van der Waals surface area contributed by atoms with Gasteiger partial charge in [-0.25, -0.2) is 4.79 Å². The van der Waals surface area contributed by atoms with Gasteiger partial charge in [0.2, 0.25) is 11.8 Å². The Balaban J connectivity index is 1.51. The molecule has 3 aliphatic rings. The van der Waals surface area contributed by atoms with Crippen LogP contribution in [0.4, 0.5) is 0 Å². The zero-order chi connectivity index (χ0) is 21.7. The Kier molecular flexibility index (Phi) is 5.24. The molecule has 0 spiro atoms. The number of rotatable bonds is 7. The van der Waals surface area contributed by atoms with E-state index in [1.807, 2.05) is 45.0 Å². The van der Waals surface area contributed by atoms with Crippen LogP contribution in [0.15, 0.2) is 24.3 Å². The molecule has 30 heavy (non-hydrogen) atoms. The van der Waals surface area contributed by atoms with E-state index in [9.17, 15) is 19.5 Å². The first-order valence-corrected chi connectivity index (χ1v) is 11.4. The number of benzene rings is 1. The van der Waals surface area contributed by atoms with Crippen LogP contribution in [-0.4, -0.2) is 56.6 Å². The summed E-state index contributed by atoms with van der Waals surface area (Å²) >= 11 is 1.44. The lowest BCUT2D eigenvalue weighted by atomic mass is 9.63. The van der Waals surface area contributed by atoms with Gasteiger partial charge in [0.1, 0.15) is 23.2 Å². The lowest BCUT2D eigenvalue weighted by Gasteiger charge is -2.47. The largest absolute Gasteiger partial charge is 0.494 e. The number of hydrogen-bond acceptors (Lipinski definition) is 5. The molecular formula is C22H28N2O5S. The van der Waals surface area contributed by atoms with Gasteiger partial charge in [-0.2, -0.15) is 0 Å². The van der Waals surface area contributed by atoms with Crippen LogP contribution in [0.5, 0.6) is 5.75 Å². The molecule has 1 aromatic carbocycles. The van der Waals surface area contributed by atoms with Crippen molar-refractivity contribution in [2.75, 3.05) is 6.61 Å². The summed E-state index contributed by atoms with van der Waals surface area (Å²) < 4.78 is 5.13. The molecule has 2 N–H and O–H groups in total. The van der Waals surface area contributed by atoms with E-state index in [-0.39, 0.29) is 17.2 Å². The van der Waals surface area contributed by atoms with Crippen LogP contribution in [0.1, 0.15) is 52.0 Å². The number of ether oxygens (including phenoxy) is 1. The Morgan fingerprint density at radius 3 is 2.67 bits per heavy atom. The summed E-state index contributed by atoms with van der Waals surface area (Å²) in [6, 6.07) is 6.11. The van der Waals surface area contributed by atoms with E-state index in [0.29, 0.717) is 6.61 Å². The van der Waals surface area contributed by atoms with E-state index in [1.54, 1.807) is 0 Å². The summed E-state index contributed by atoms with van der Waals surface area (Å²) in [4.78, 5) is 39.2. The summed E-state index contributed by atoms with van der Waals surface area (Å²) in [6.45, 7) is 6.32. The Morgan fingerprint density at radius 2 is 2.07 bits per heavy atom. The van der Waals surface area contributed by atoms with Crippen LogP contribution in [0.2, 0.25) is 0 Å². The van der Waals surface area contributed by atoms with Gasteiger partial charge < -0.3 is 20.1 Å². The van der Waals surface area contributed by atoms with Gasteiger partial charge in [-0.3, -0.25) is 9.59 Å². The molecule has 3 unspecified atom stereocenters. The van der Waals surface area contributed by atoms with Crippen molar-refractivity contribution < 1.29 is 24.2 Å². The van der Waals surface area contributed by atoms with Crippen LogP contribution in [0, 0.1) is 0 Å². The Hall–Kier alpha value is -2.22. The molecule has 0 aromatic heterocycles. The number of nitrogens with one attached hydrogen (secondary N) is 1. The Bertz CT molecular complexity index is 882. The first kappa shape index (κ1) is 21.0. The van der Waals surface area contributed by atoms with E-state index < -0.39 is 28.2 Å². The van der Waals surface area contributed by atoms with Gasteiger partial charge in [0.25, 0.3) is 0 Å². The first-order valence-electron chi connectivity index (χ1n) is 10.5. The fourth-order valence-electron chi connectivity index (χ4n) is 4.71. The highest BCUT2D eigenvalue weighted by Crippen LogP contribution is 2.51. The van der Waals surface area contributed by atoms with Crippen LogP contribution < -0.4 is 10.1 Å². The normalized spacial score (nSPS) is 28.2. The molecule has 7 nitrogen and oxygen atoms in total. The van der Waals surface area contributed by atoms with Crippen molar-refractivity contribution in [1.29, 1.82) is 0 Å². The minimum atomic E-state index is -1.01. The predicted molar refractivity (Wildman–Crippen MR) is 113 cm³/mol. The van der Waals surface area contributed by atoms with Crippen molar-refractivity contribution in [3.8, 4) is 5.75 Å². The molecule has 162 valence electrons. The highest BCUT2D eigenvalue weighted by atomic mass is 32.2. The highest BCUT2D eigenvalue weighted by molar-refractivity contribution is 8.01. The van der Waals surface area contributed by atoms with Crippen molar-refractivity contribution in [2.24, 2.45) is 0 Å². The Morgan fingerprint density at radius 1 is 1.33 bits per heavy atom. The summed E-state index contributed by atoms with van der Waals surface area (Å²) in [5, 5.41) is 12.2. The van der Waals surface area contributed by atoms with Crippen molar-refractivity contribution in [3.05, 3.63) is 29.8 Å². The van der Waals surface area contributed by atoms with E-state index >= 15 is 0 Å². The van der Waals surface area contributed by atoms with Crippen LogP contribution in [0.3, 0.4) is 0 Å². The fraction of sp³-hybridized carbons (Fsp3) is 0.591. The number of carbonyl (C=O) groups excluding carboxylic acids is 2. The molecule has 3 atom stereocenters. The molecule has 2 aliphatic heterocycles. The van der Waals surface area contributed by atoms with Crippen LogP contribution in [-0.2, 0) is 19.8 Å². The minimum Gasteiger partial charge on any atom is -0.494 e. The van der Waals surface area contributed by atoms with E-state index in [2.05, 4.69) is 5.32 Å². The lowest BCUT2D eigenvalue weighted by molar-refractivity contribution is -0.161. The fourth-order valence-corrected chi connectivity index (χ4v) is 6.33. The number of fused-ring (bicyclic) bond motifs is 1. The van der Waals surface area contributed by atoms with Crippen molar-refractivity contribution in [3.63, 3.8) is 0 Å². The number of aliphatic carboxylic acids is 1. The molecular weight excluding hydrogens is 404 g/mol. The molecule has 2 heterocycles. The van der Waals surface area contributed by atoms with Crippen molar-refractivity contribution in [1.82, 2.24) is 10.2 Å². The molecule has 1 aliphatic carbocycles. The second kappa shape index (κ2) is 7.48. The summed E-state index contributed by atoms with van der Waals surface area (Å²) in [7, 11) is 0. The van der Waals surface area contributed by atoms with Gasteiger partial charge in [0.05, 0.1) is 12.0 Å². The topological polar surface area (TPSA) is 95.9 Å². The molecule has 4 rings (SSSR count). The maximum absolute atomic E-state index is 13.3. The van der Waals surface area contributed by atoms with Crippen molar-refractivity contribution >= 4 is 29.5 Å². The Labute approximate surface area is 180 Å². The van der Waals surface area contributed by atoms with Crippen LogP contribution >= 0.6 is 11.8 Å². The molecule has 1 saturated carbocycles.